The van der Waals surface area contributed by atoms with Crippen molar-refractivity contribution in [1.82, 2.24) is 10.3 Å². The first-order valence-electron chi connectivity index (χ1n) is 12.0. The number of aromatic carboxylic acids is 1. The first-order valence-corrected chi connectivity index (χ1v) is 12.0. The number of aromatic nitrogens is 1. The Bertz CT molecular complexity index is 1590. The van der Waals surface area contributed by atoms with E-state index in [1.807, 2.05) is 0 Å². The summed E-state index contributed by atoms with van der Waals surface area (Å²) in [6, 6.07) is 18.8. The summed E-state index contributed by atoms with van der Waals surface area (Å²) in [6.45, 7) is 0.0780. The molecule has 0 saturated carbocycles. The average molecular weight is 552 g/mol. The normalized spacial score (nSPS) is 16.4. The number of carboxylic acids is 1. The summed E-state index contributed by atoms with van der Waals surface area (Å²) in [5.41, 5.74) is -0.195. The van der Waals surface area contributed by atoms with Gasteiger partial charge in [-0.1, -0.05) is 36.4 Å². The van der Waals surface area contributed by atoms with E-state index in [1.54, 1.807) is 42.5 Å². The van der Waals surface area contributed by atoms with Gasteiger partial charge in [-0.3, -0.25) is 9.78 Å². The van der Waals surface area contributed by atoms with Gasteiger partial charge in [0.1, 0.15) is 17.0 Å². The number of halogens is 4. The molecule has 0 aliphatic carbocycles. The lowest BCUT2D eigenvalue weighted by atomic mass is 9.81. The Hall–Kier alpha value is -4.93. The van der Waals surface area contributed by atoms with Crippen LogP contribution in [-0.4, -0.2) is 34.9 Å². The highest BCUT2D eigenvalue weighted by molar-refractivity contribution is 6.01. The lowest BCUT2D eigenvalue weighted by molar-refractivity contribution is -0.275. The minimum Gasteiger partial charge on any atom is -0.491 e. The quantitative estimate of drug-likeness (QED) is 0.288. The molecule has 1 atom stereocenters. The third-order valence-electron chi connectivity index (χ3n) is 6.48. The molecule has 11 heteroatoms. The molecule has 0 saturated heterocycles. The summed E-state index contributed by atoms with van der Waals surface area (Å²) in [5, 5.41) is 12.6. The molecule has 204 valence electrons. The van der Waals surface area contributed by atoms with Gasteiger partial charge in [-0.15, -0.1) is 13.2 Å². The molecule has 1 aliphatic rings. The number of carbonyl (C=O) groups excluding carboxylic acids is 1. The number of rotatable bonds is 6. The van der Waals surface area contributed by atoms with E-state index < -0.39 is 35.3 Å². The predicted octanol–water partition coefficient (Wildman–Crippen LogP) is 5.94. The van der Waals surface area contributed by atoms with E-state index in [-0.39, 0.29) is 35.4 Å². The number of carboxylic acid groups (broad SMARTS) is 1. The van der Waals surface area contributed by atoms with Crippen molar-refractivity contribution < 1.29 is 41.7 Å². The van der Waals surface area contributed by atoms with E-state index in [4.69, 9.17) is 4.74 Å². The van der Waals surface area contributed by atoms with Gasteiger partial charge in [0.15, 0.2) is 11.6 Å². The van der Waals surface area contributed by atoms with Crippen LogP contribution < -0.4 is 14.8 Å². The minimum absolute atomic E-state index is 0.0159. The molecule has 3 aromatic carbocycles. The van der Waals surface area contributed by atoms with Gasteiger partial charge < -0.3 is 19.9 Å². The minimum atomic E-state index is -5.10. The monoisotopic (exact) mass is 552 g/mol. The van der Waals surface area contributed by atoms with Gasteiger partial charge in [0.2, 0.25) is 0 Å². The molecule has 40 heavy (non-hydrogen) atoms. The first kappa shape index (κ1) is 26.7. The number of nitrogens with zero attached hydrogens (tertiary/aromatic N) is 1. The topological polar surface area (TPSA) is 97.8 Å². The first-order chi connectivity index (χ1) is 19.1. The number of amides is 1. The number of benzene rings is 3. The van der Waals surface area contributed by atoms with Crippen LogP contribution in [0.3, 0.4) is 0 Å². The van der Waals surface area contributed by atoms with E-state index in [1.165, 1.54) is 30.5 Å². The summed E-state index contributed by atoms with van der Waals surface area (Å²) in [7, 11) is 0. The molecule has 0 bridgehead atoms. The second-order valence-electron chi connectivity index (χ2n) is 8.93. The van der Waals surface area contributed by atoms with Crippen molar-refractivity contribution in [3.8, 4) is 22.6 Å². The molecule has 7 nitrogen and oxygen atoms in total. The smallest absolute Gasteiger partial charge is 0.491 e. The van der Waals surface area contributed by atoms with Gasteiger partial charge in [-0.2, -0.15) is 0 Å². The van der Waals surface area contributed by atoms with Crippen LogP contribution in [0.2, 0.25) is 0 Å². The fraction of sp³-hybridized carbons (Fsp3) is 0.138. The number of ether oxygens (including phenoxy) is 2. The highest BCUT2D eigenvalue weighted by Crippen LogP contribution is 2.42. The Morgan fingerprint density at radius 3 is 2.48 bits per heavy atom. The maximum absolute atomic E-state index is 14.9. The molecule has 1 aromatic heterocycles. The van der Waals surface area contributed by atoms with E-state index >= 15 is 0 Å². The lowest BCUT2D eigenvalue weighted by Crippen LogP contribution is -2.50. The molecule has 1 aliphatic heterocycles. The summed E-state index contributed by atoms with van der Waals surface area (Å²) in [5.74, 6) is -3.84. The number of alkyl halides is 3. The number of pyridine rings is 1. The molecule has 1 amide bonds. The fourth-order valence-electron chi connectivity index (χ4n) is 4.70. The molecule has 2 N–H and O–H groups in total. The summed E-state index contributed by atoms with van der Waals surface area (Å²) >= 11 is 0. The van der Waals surface area contributed by atoms with Crippen molar-refractivity contribution in [2.24, 2.45) is 0 Å². The Balaban J connectivity index is 1.60. The standard InChI is InChI=1S/C29H20F4N2O5/c30-22-16-19(9-11-23(22)40-29(31,32)33)28(12-14-39-24-7-4-13-34-25(24)28)35-26(36)18-8-10-20(27(37)38)21(15-18)17-5-2-1-3-6-17/h1-11,13,15-16H,12,14H2,(H,35,36)(H,37,38)/t28-/m0/s1. The number of hydrogen-bond acceptors (Lipinski definition) is 5. The Morgan fingerprint density at radius 2 is 1.77 bits per heavy atom. The van der Waals surface area contributed by atoms with Crippen LogP contribution in [0.5, 0.6) is 11.5 Å². The SMILES string of the molecule is O=C(N[C@]1(c2ccc(OC(F)(F)F)c(F)c2)CCOc2cccnc21)c1ccc(C(=O)O)c(-c2ccccc2)c1. The largest absolute Gasteiger partial charge is 0.573 e. The zero-order valence-corrected chi connectivity index (χ0v) is 20.5. The second kappa shape index (κ2) is 10.3. The van der Waals surface area contributed by atoms with E-state index in [2.05, 4.69) is 15.0 Å². The van der Waals surface area contributed by atoms with Crippen molar-refractivity contribution in [1.29, 1.82) is 0 Å². The van der Waals surface area contributed by atoms with Gasteiger partial charge in [0.25, 0.3) is 5.91 Å². The Kier molecular flexibility index (Phi) is 6.88. The van der Waals surface area contributed by atoms with E-state index in [0.29, 0.717) is 16.9 Å². The molecule has 5 rings (SSSR count). The van der Waals surface area contributed by atoms with Crippen LogP contribution >= 0.6 is 0 Å². The van der Waals surface area contributed by atoms with Crippen molar-refractivity contribution >= 4 is 11.9 Å². The van der Waals surface area contributed by atoms with Crippen LogP contribution in [-0.2, 0) is 5.54 Å². The van der Waals surface area contributed by atoms with Gasteiger partial charge >= 0.3 is 12.3 Å². The van der Waals surface area contributed by atoms with Crippen LogP contribution in [0.15, 0.2) is 85.1 Å². The third-order valence-corrected chi connectivity index (χ3v) is 6.48. The van der Waals surface area contributed by atoms with Crippen molar-refractivity contribution in [2.75, 3.05) is 6.61 Å². The molecule has 0 unspecified atom stereocenters. The van der Waals surface area contributed by atoms with Crippen LogP contribution in [0.1, 0.15) is 38.4 Å². The van der Waals surface area contributed by atoms with Crippen LogP contribution in [0.4, 0.5) is 17.6 Å². The number of fused-ring (bicyclic) bond motifs is 1. The van der Waals surface area contributed by atoms with Crippen LogP contribution in [0.25, 0.3) is 11.1 Å². The van der Waals surface area contributed by atoms with E-state index in [0.717, 1.165) is 12.1 Å². The van der Waals surface area contributed by atoms with Crippen molar-refractivity contribution in [3.05, 3.63) is 113 Å². The number of hydrogen-bond donors (Lipinski definition) is 2. The molecule has 2 heterocycles. The molecule has 0 radical (unpaired) electrons. The second-order valence-corrected chi connectivity index (χ2v) is 8.93. The maximum atomic E-state index is 14.9. The summed E-state index contributed by atoms with van der Waals surface area (Å²) in [4.78, 5) is 29.9. The molecule has 0 fully saturated rings. The predicted molar refractivity (Wildman–Crippen MR) is 135 cm³/mol. The number of nitrogens with one attached hydrogen (secondary N) is 1. The summed E-state index contributed by atoms with van der Waals surface area (Å²) < 4.78 is 62.5. The van der Waals surface area contributed by atoms with Gasteiger partial charge in [-0.05, 0) is 59.2 Å². The summed E-state index contributed by atoms with van der Waals surface area (Å²) in [6.07, 6.45) is -3.58. The van der Waals surface area contributed by atoms with Gasteiger partial charge in [0, 0.05) is 18.2 Å². The molecule has 0 spiro atoms. The van der Waals surface area contributed by atoms with Crippen molar-refractivity contribution in [3.63, 3.8) is 0 Å². The van der Waals surface area contributed by atoms with Crippen molar-refractivity contribution in [2.45, 2.75) is 18.3 Å². The number of carbonyl (C=O) groups is 2. The van der Waals surface area contributed by atoms with E-state index in [9.17, 15) is 32.3 Å². The van der Waals surface area contributed by atoms with Gasteiger partial charge in [-0.25, -0.2) is 9.18 Å². The Labute approximate surface area is 225 Å². The highest BCUT2D eigenvalue weighted by Gasteiger charge is 2.43. The molecule has 4 aromatic rings. The fourth-order valence-corrected chi connectivity index (χ4v) is 4.70. The van der Waals surface area contributed by atoms with Crippen LogP contribution in [0, 0.1) is 5.82 Å². The maximum Gasteiger partial charge on any atom is 0.573 e. The average Bonchev–Trinajstić information content (AvgIpc) is 2.93. The molecular weight excluding hydrogens is 532 g/mol. The Morgan fingerprint density at radius 1 is 1.00 bits per heavy atom. The lowest BCUT2D eigenvalue weighted by Gasteiger charge is -2.39. The molecular formula is C29H20F4N2O5. The third kappa shape index (κ3) is 5.18. The zero-order valence-electron chi connectivity index (χ0n) is 20.5. The highest BCUT2D eigenvalue weighted by atomic mass is 19.4. The zero-order chi connectivity index (χ0) is 28.5. The van der Waals surface area contributed by atoms with Gasteiger partial charge in [0.05, 0.1) is 12.2 Å².